The topological polar surface area (TPSA) is 55.8 Å². The number of hydrogen-bond acceptors (Lipinski definition) is 3. The van der Waals surface area contributed by atoms with Crippen molar-refractivity contribution in [3.8, 4) is 23.0 Å². The summed E-state index contributed by atoms with van der Waals surface area (Å²) in [7, 11) is 0. The van der Waals surface area contributed by atoms with Gasteiger partial charge >= 0.3 is 5.97 Å². The van der Waals surface area contributed by atoms with Gasteiger partial charge in [-0.15, -0.1) is 0 Å². The van der Waals surface area contributed by atoms with Crippen molar-refractivity contribution < 1.29 is 19.4 Å². The van der Waals surface area contributed by atoms with Gasteiger partial charge in [0.25, 0.3) is 0 Å². The second-order valence-corrected chi connectivity index (χ2v) is 6.71. The molecule has 0 unspecified atom stereocenters. The van der Waals surface area contributed by atoms with E-state index in [1.54, 1.807) is 6.07 Å². The number of carbonyl (C=O) groups is 1. The van der Waals surface area contributed by atoms with Gasteiger partial charge in [0.1, 0.15) is 23.0 Å². The lowest BCUT2D eigenvalue weighted by molar-refractivity contribution is 0.0696. The number of aromatic carboxylic acids is 1. The van der Waals surface area contributed by atoms with E-state index in [9.17, 15) is 9.90 Å². The molecule has 0 heterocycles. The van der Waals surface area contributed by atoms with Crippen molar-refractivity contribution >= 4 is 28.6 Å². The van der Waals surface area contributed by atoms with Gasteiger partial charge in [-0.05, 0) is 78.0 Å². The quantitative estimate of drug-likeness (QED) is 0.498. The number of aryl methyl sites for hydroxylation is 1. The van der Waals surface area contributed by atoms with Gasteiger partial charge in [-0.2, -0.15) is 0 Å². The first-order chi connectivity index (χ1) is 12.0. The lowest BCUT2D eigenvalue weighted by atomic mass is 10.2. The summed E-state index contributed by atoms with van der Waals surface area (Å²) in [5.41, 5.74) is 1.22. The average Bonchev–Trinajstić information content (AvgIpc) is 2.59. The normalized spacial score (nSPS) is 10.3. The maximum absolute atomic E-state index is 11.4. The van der Waals surface area contributed by atoms with Crippen molar-refractivity contribution in [2.75, 3.05) is 0 Å². The molecule has 4 nitrogen and oxygen atoms in total. The molecule has 3 rings (SSSR count). The van der Waals surface area contributed by atoms with Gasteiger partial charge in [-0.3, -0.25) is 0 Å². The maximum Gasteiger partial charge on any atom is 0.335 e. The van der Waals surface area contributed by atoms with Crippen molar-refractivity contribution in [3.63, 3.8) is 0 Å². The second-order valence-electron chi connectivity index (χ2n) is 5.47. The summed E-state index contributed by atoms with van der Waals surface area (Å²) in [6, 6.07) is 19.6. The van der Waals surface area contributed by atoms with Crippen LogP contribution in [0, 0.1) is 10.5 Å². The molecule has 0 aliphatic heterocycles. The number of carboxylic acids is 1. The summed E-state index contributed by atoms with van der Waals surface area (Å²) in [6.45, 7) is 1.99. The van der Waals surface area contributed by atoms with Crippen LogP contribution in [-0.2, 0) is 0 Å². The van der Waals surface area contributed by atoms with E-state index in [1.165, 1.54) is 12.1 Å². The van der Waals surface area contributed by atoms with Gasteiger partial charge in [-0.1, -0.05) is 17.7 Å². The van der Waals surface area contributed by atoms with Crippen molar-refractivity contribution in [1.29, 1.82) is 0 Å². The number of ether oxygens (including phenoxy) is 2. The van der Waals surface area contributed by atoms with Crippen LogP contribution < -0.4 is 9.47 Å². The maximum atomic E-state index is 11.4. The molecule has 0 amide bonds. The zero-order valence-corrected chi connectivity index (χ0v) is 15.6. The predicted molar refractivity (Wildman–Crippen MR) is 104 cm³/mol. The number of rotatable bonds is 5. The third-order valence-corrected chi connectivity index (χ3v) is 4.15. The molecule has 0 saturated carbocycles. The number of halogens is 1. The van der Waals surface area contributed by atoms with Crippen LogP contribution in [0.25, 0.3) is 0 Å². The Balaban J connectivity index is 1.89. The highest BCUT2D eigenvalue weighted by Gasteiger charge is 2.10. The van der Waals surface area contributed by atoms with Crippen molar-refractivity contribution in [1.82, 2.24) is 0 Å². The van der Waals surface area contributed by atoms with Gasteiger partial charge in [0.05, 0.1) is 5.56 Å². The highest BCUT2D eigenvalue weighted by Crippen LogP contribution is 2.30. The molecule has 25 heavy (non-hydrogen) atoms. The molecule has 0 aliphatic carbocycles. The van der Waals surface area contributed by atoms with Crippen LogP contribution in [0.15, 0.2) is 66.7 Å². The molecular formula is C20H15IO4. The van der Waals surface area contributed by atoms with Crippen LogP contribution in [0.1, 0.15) is 15.9 Å². The van der Waals surface area contributed by atoms with Crippen LogP contribution in [0.5, 0.6) is 23.0 Å². The third kappa shape index (κ3) is 4.73. The Morgan fingerprint density at radius 2 is 1.28 bits per heavy atom. The van der Waals surface area contributed by atoms with E-state index in [2.05, 4.69) is 22.6 Å². The van der Waals surface area contributed by atoms with Crippen molar-refractivity contribution in [3.05, 3.63) is 81.4 Å². The van der Waals surface area contributed by atoms with E-state index in [4.69, 9.17) is 9.47 Å². The molecule has 0 aromatic heterocycles. The summed E-state index contributed by atoms with van der Waals surface area (Å²) in [6.07, 6.45) is 0. The monoisotopic (exact) mass is 446 g/mol. The number of carboxylic acid groups (broad SMARTS) is 1. The zero-order valence-electron chi connectivity index (χ0n) is 13.4. The largest absolute Gasteiger partial charge is 0.478 e. The molecule has 0 radical (unpaired) electrons. The van der Waals surface area contributed by atoms with Crippen LogP contribution in [-0.4, -0.2) is 11.1 Å². The van der Waals surface area contributed by atoms with Crippen LogP contribution in [0.2, 0.25) is 0 Å². The molecule has 0 fully saturated rings. The van der Waals surface area contributed by atoms with Gasteiger partial charge < -0.3 is 14.6 Å². The van der Waals surface area contributed by atoms with Gasteiger partial charge in [-0.25, -0.2) is 4.79 Å². The van der Waals surface area contributed by atoms with Crippen molar-refractivity contribution in [2.24, 2.45) is 0 Å². The Morgan fingerprint density at radius 1 is 0.800 bits per heavy atom. The van der Waals surface area contributed by atoms with Crippen LogP contribution >= 0.6 is 22.6 Å². The van der Waals surface area contributed by atoms with E-state index in [-0.39, 0.29) is 5.56 Å². The number of hydrogen-bond donors (Lipinski definition) is 1. The first-order valence-electron chi connectivity index (χ1n) is 7.56. The van der Waals surface area contributed by atoms with E-state index in [0.29, 0.717) is 23.0 Å². The van der Waals surface area contributed by atoms with Crippen LogP contribution in [0.4, 0.5) is 0 Å². The first kappa shape index (κ1) is 17.3. The molecule has 0 aliphatic rings. The minimum atomic E-state index is -1.04. The van der Waals surface area contributed by atoms with E-state index < -0.39 is 5.97 Å². The third-order valence-electron chi connectivity index (χ3n) is 3.43. The predicted octanol–water partition coefficient (Wildman–Crippen LogP) is 5.88. The smallest absolute Gasteiger partial charge is 0.335 e. The van der Waals surface area contributed by atoms with Gasteiger partial charge in [0.15, 0.2) is 0 Å². The lowest BCUT2D eigenvalue weighted by Gasteiger charge is -2.11. The molecule has 3 aromatic carbocycles. The Labute approximate surface area is 159 Å². The summed E-state index contributed by atoms with van der Waals surface area (Å²) in [5.74, 6) is 1.03. The van der Waals surface area contributed by atoms with Gasteiger partial charge in [0, 0.05) is 9.64 Å². The Morgan fingerprint density at radius 3 is 1.76 bits per heavy atom. The summed E-state index contributed by atoms with van der Waals surface area (Å²) < 4.78 is 12.6. The molecule has 5 heteroatoms. The van der Waals surface area contributed by atoms with E-state index in [0.717, 1.165) is 9.13 Å². The first-order valence-corrected chi connectivity index (χ1v) is 8.64. The fourth-order valence-corrected chi connectivity index (χ4v) is 2.55. The molecular weight excluding hydrogens is 431 g/mol. The highest BCUT2D eigenvalue weighted by atomic mass is 127. The van der Waals surface area contributed by atoms with Crippen molar-refractivity contribution in [2.45, 2.75) is 6.92 Å². The molecule has 0 spiro atoms. The Bertz CT molecular complexity index is 821. The van der Waals surface area contributed by atoms with E-state index >= 15 is 0 Å². The summed E-state index contributed by atoms with van der Waals surface area (Å²) in [5, 5.41) is 9.33. The average molecular weight is 446 g/mol. The molecule has 3 aromatic rings. The molecule has 0 saturated heterocycles. The molecule has 0 bridgehead atoms. The lowest BCUT2D eigenvalue weighted by Crippen LogP contribution is -1.98. The second kappa shape index (κ2) is 7.57. The fourth-order valence-electron chi connectivity index (χ4n) is 2.19. The summed E-state index contributed by atoms with van der Waals surface area (Å²) >= 11 is 2.21. The van der Waals surface area contributed by atoms with E-state index in [1.807, 2.05) is 55.5 Å². The molecule has 1 N–H and O–H groups in total. The zero-order chi connectivity index (χ0) is 17.8. The Kier molecular flexibility index (Phi) is 5.23. The minimum Gasteiger partial charge on any atom is -0.478 e. The fraction of sp³-hybridized carbons (Fsp3) is 0.0500. The minimum absolute atomic E-state index is 0.102. The molecule has 0 atom stereocenters. The number of benzene rings is 3. The standard InChI is InChI=1S/C20H15IO4/c1-13-2-6-16(7-3-13)24-18-10-14(20(22)23)11-19(12-18)25-17-8-4-15(21)5-9-17/h2-12H,1H3,(H,22,23). The SMILES string of the molecule is Cc1ccc(Oc2cc(Oc3ccc(I)cc3)cc(C(=O)O)c2)cc1. The summed E-state index contributed by atoms with van der Waals surface area (Å²) in [4.78, 5) is 11.4. The Hall–Kier alpha value is -2.54. The van der Waals surface area contributed by atoms with Gasteiger partial charge in [0.2, 0.25) is 0 Å². The highest BCUT2D eigenvalue weighted by molar-refractivity contribution is 14.1. The van der Waals surface area contributed by atoms with Crippen LogP contribution in [0.3, 0.4) is 0 Å². The molecule has 126 valence electrons.